The lowest BCUT2D eigenvalue weighted by Crippen LogP contribution is -2.50. The Morgan fingerprint density at radius 1 is 1.29 bits per heavy atom. The summed E-state index contributed by atoms with van der Waals surface area (Å²) < 4.78 is 0. The third-order valence-electron chi connectivity index (χ3n) is 4.71. The van der Waals surface area contributed by atoms with Crippen molar-refractivity contribution in [3.05, 3.63) is 30.1 Å². The molecule has 0 unspecified atom stereocenters. The van der Waals surface area contributed by atoms with E-state index < -0.39 is 17.9 Å². The van der Waals surface area contributed by atoms with Crippen LogP contribution in [0.2, 0.25) is 0 Å². The van der Waals surface area contributed by atoms with E-state index in [2.05, 4.69) is 4.98 Å². The summed E-state index contributed by atoms with van der Waals surface area (Å²) in [6, 6.07) is 4.75. The first-order chi connectivity index (χ1) is 11.6. The van der Waals surface area contributed by atoms with Crippen LogP contribution in [-0.4, -0.2) is 56.8 Å². The smallest absolute Gasteiger partial charge is 0.326 e. The molecular formula is C17H21N3O4. The maximum Gasteiger partial charge on any atom is 0.326 e. The van der Waals surface area contributed by atoms with Crippen LogP contribution in [0.15, 0.2) is 24.4 Å². The number of rotatable bonds is 4. The molecule has 1 aromatic rings. The van der Waals surface area contributed by atoms with Gasteiger partial charge in [-0.3, -0.25) is 14.6 Å². The van der Waals surface area contributed by atoms with Crippen molar-refractivity contribution >= 4 is 17.8 Å². The van der Waals surface area contributed by atoms with Gasteiger partial charge in [-0.2, -0.15) is 0 Å². The second-order valence-corrected chi connectivity index (χ2v) is 6.38. The molecule has 0 aromatic carbocycles. The van der Waals surface area contributed by atoms with Gasteiger partial charge < -0.3 is 14.9 Å². The number of piperidine rings is 1. The molecule has 7 heteroatoms. The largest absolute Gasteiger partial charge is 0.480 e. The summed E-state index contributed by atoms with van der Waals surface area (Å²) in [4.78, 5) is 43.6. The monoisotopic (exact) mass is 331 g/mol. The molecule has 3 rings (SSSR count). The van der Waals surface area contributed by atoms with E-state index in [0.29, 0.717) is 26.1 Å². The average Bonchev–Trinajstić information content (AvgIpc) is 2.96. The molecule has 0 aliphatic carbocycles. The van der Waals surface area contributed by atoms with Crippen LogP contribution in [-0.2, 0) is 20.9 Å². The predicted molar refractivity (Wildman–Crippen MR) is 84.7 cm³/mol. The highest BCUT2D eigenvalue weighted by Gasteiger charge is 2.40. The molecule has 2 aliphatic heterocycles. The number of pyridine rings is 1. The normalized spacial score (nSPS) is 24.2. The van der Waals surface area contributed by atoms with Crippen molar-refractivity contribution in [2.75, 3.05) is 13.1 Å². The van der Waals surface area contributed by atoms with Crippen molar-refractivity contribution in [2.24, 2.45) is 5.92 Å². The Hall–Kier alpha value is -2.44. The van der Waals surface area contributed by atoms with Gasteiger partial charge in [0.1, 0.15) is 6.04 Å². The van der Waals surface area contributed by atoms with Crippen molar-refractivity contribution in [1.29, 1.82) is 0 Å². The predicted octanol–water partition coefficient (Wildman–Crippen LogP) is 0.896. The van der Waals surface area contributed by atoms with E-state index in [1.807, 2.05) is 18.2 Å². The summed E-state index contributed by atoms with van der Waals surface area (Å²) >= 11 is 0. The number of aromatic nitrogens is 1. The fourth-order valence-corrected chi connectivity index (χ4v) is 3.46. The van der Waals surface area contributed by atoms with E-state index in [4.69, 9.17) is 0 Å². The fourth-order valence-electron chi connectivity index (χ4n) is 3.46. The van der Waals surface area contributed by atoms with Gasteiger partial charge in [-0.25, -0.2) is 4.79 Å². The topological polar surface area (TPSA) is 90.8 Å². The number of hydrogen-bond acceptors (Lipinski definition) is 4. The van der Waals surface area contributed by atoms with Crippen LogP contribution >= 0.6 is 0 Å². The van der Waals surface area contributed by atoms with Crippen molar-refractivity contribution in [1.82, 2.24) is 14.8 Å². The first-order valence-electron chi connectivity index (χ1n) is 8.27. The summed E-state index contributed by atoms with van der Waals surface area (Å²) in [5.41, 5.74) is 0.778. The van der Waals surface area contributed by atoms with Gasteiger partial charge in [0.15, 0.2) is 0 Å². The van der Waals surface area contributed by atoms with E-state index in [0.717, 1.165) is 18.5 Å². The average molecular weight is 331 g/mol. The number of aliphatic carboxylic acids is 1. The van der Waals surface area contributed by atoms with Crippen molar-refractivity contribution in [3.8, 4) is 0 Å². The maximum atomic E-state index is 12.7. The number of carbonyl (C=O) groups excluding carboxylic acids is 2. The number of carboxylic acids is 1. The summed E-state index contributed by atoms with van der Waals surface area (Å²) in [6.07, 6.45) is 3.93. The Morgan fingerprint density at radius 2 is 2.12 bits per heavy atom. The lowest BCUT2D eigenvalue weighted by molar-refractivity contribution is -0.153. The van der Waals surface area contributed by atoms with Gasteiger partial charge in [0.25, 0.3) is 0 Å². The summed E-state index contributed by atoms with van der Waals surface area (Å²) in [5.74, 6) is -1.71. The third-order valence-corrected chi connectivity index (χ3v) is 4.71. The second-order valence-electron chi connectivity index (χ2n) is 6.38. The highest BCUT2D eigenvalue weighted by molar-refractivity contribution is 5.91. The van der Waals surface area contributed by atoms with Crippen LogP contribution in [0, 0.1) is 5.92 Å². The minimum atomic E-state index is -0.960. The Labute approximate surface area is 140 Å². The summed E-state index contributed by atoms with van der Waals surface area (Å²) in [6.45, 7) is 1.17. The van der Waals surface area contributed by atoms with E-state index >= 15 is 0 Å². The lowest BCUT2D eigenvalue weighted by Gasteiger charge is -2.34. The number of likely N-dealkylation sites (tertiary alicyclic amines) is 2. The van der Waals surface area contributed by atoms with Gasteiger partial charge >= 0.3 is 5.97 Å². The van der Waals surface area contributed by atoms with E-state index in [-0.39, 0.29) is 18.2 Å². The third kappa shape index (κ3) is 3.39. The fraction of sp³-hybridized carbons (Fsp3) is 0.529. The van der Waals surface area contributed by atoms with Crippen molar-refractivity contribution < 1.29 is 19.5 Å². The molecule has 128 valence electrons. The number of amides is 2. The van der Waals surface area contributed by atoms with Crippen LogP contribution in [0.1, 0.15) is 31.4 Å². The molecule has 1 N–H and O–H groups in total. The molecule has 0 saturated carbocycles. The number of nitrogens with zero attached hydrogens (tertiary/aromatic N) is 3. The molecule has 2 amide bonds. The van der Waals surface area contributed by atoms with E-state index in [1.54, 1.807) is 11.1 Å². The quantitative estimate of drug-likeness (QED) is 0.885. The standard InChI is InChI=1S/C17H21N3O4/c21-15-9-12(10-19(15)11-13-5-1-3-7-18-13)16(22)20-8-4-2-6-14(20)17(23)24/h1,3,5,7,12,14H,2,4,6,8-11H2,(H,23,24)/t12-,14+/m0/s1. The van der Waals surface area contributed by atoms with Crippen LogP contribution in [0.4, 0.5) is 0 Å². The molecule has 0 radical (unpaired) electrons. The number of carboxylic acid groups (broad SMARTS) is 1. The molecule has 7 nitrogen and oxygen atoms in total. The Balaban J connectivity index is 1.66. The first-order valence-corrected chi connectivity index (χ1v) is 8.27. The molecule has 3 heterocycles. The summed E-state index contributed by atoms with van der Waals surface area (Å²) in [7, 11) is 0. The Kier molecular flexibility index (Phi) is 4.78. The molecule has 24 heavy (non-hydrogen) atoms. The van der Waals surface area contributed by atoms with E-state index in [9.17, 15) is 19.5 Å². The number of carbonyl (C=O) groups is 3. The zero-order chi connectivity index (χ0) is 17.1. The molecule has 2 aliphatic rings. The zero-order valence-corrected chi connectivity index (χ0v) is 13.4. The molecule has 2 atom stereocenters. The second kappa shape index (κ2) is 6.98. The van der Waals surface area contributed by atoms with Gasteiger partial charge in [0.05, 0.1) is 18.2 Å². The lowest BCUT2D eigenvalue weighted by atomic mass is 9.98. The van der Waals surface area contributed by atoms with Gasteiger partial charge in [-0.15, -0.1) is 0 Å². The van der Waals surface area contributed by atoms with Crippen molar-refractivity contribution in [3.63, 3.8) is 0 Å². The molecular weight excluding hydrogens is 310 g/mol. The van der Waals surface area contributed by atoms with Gasteiger partial charge in [-0.1, -0.05) is 6.07 Å². The van der Waals surface area contributed by atoms with Crippen LogP contribution in [0.5, 0.6) is 0 Å². The minimum absolute atomic E-state index is 0.0807. The molecule has 0 spiro atoms. The van der Waals surface area contributed by atoms with Gasteiger partial charge in [0, 0.05) is 25.7 Å². The molecule has 0 bridgehead atoms. The van der Waals surface area contributed by atoms with E-state index in [1.165, 1.54) is 4.90 Å². The number of hydrogen-bond donors (Lipinski definition) is 1. The van der Waals surface area contributed by atoms with Crippen LogP contribution < -0.4 is 0 Å². The van der Waals surface area contributed by atoms with Crippen LogP contribution in [0.3, 0.4) is 0 Å². The Bertz CT molecular complexity index is 634. The minimum Gasteiger partial charge on any atom is -0.480 e. The van der Waals surface area contributed by atoms with Gasteiger partial charge in [-0.05, 0) is 31.4 Å². The highest BCUT2D eigenvalue weighted by atomic mass is 16.4. The molecule has 2 saturated heterocycles. The zero-order valence-electron chi connectivity index (χ0n) is 13.4. The SMILES string of the molecule is O=C(O)[C@H]1CCCCN1C(=O)[C@H]1CC(=O)N(Cc2ccccn2)C1. The first kappa shape index (κ1) is 16.4. The highest BCUT2D eigenvalue weighted by Crippen LogP contribution is 2.26. The maximum absolute atomic E-state index is 12.7. The van der Waals surface area contributed by atoms with Gasteiger partial charge in [0.2, 0.25) is 11.8 Å². The molecule has 2 fully saturated rings. The Morgan fingerprint density at radius 3 is 2.83 bits per heavy atom. The van der Waals surface area contributed by atoms with Crippen molar-refractivity contribution in [2.45, 2.75) is 38.3 Å². The summed E-state index contributed by atoms with van der Waals surface area (Å²) in [5, 5.41) is 9.32. The molecule has 1 aromatic heterocycles. The van der Waals surface area contributed by atoms with Crippen LogP contribution in [0.25, 0.3) is 0 Å².